The van der Waals surface area contributed by atoms with Crippen molar-refractivity contribution in [3.63, 3.8) is 0 Å². The van der Waals surface area contributed by atoms with Gasteiger partial charge in [-0.1, -0.05) is 40.9 Å². The fourth-order valence-electron chi connectivity index (χ4n) is 3.64. The minimum Gasteiger partial charge on any atom is -0.339 e. The molecule has 0 aliphatic rings. The first-order valence-corrected chi connectivity index (χ1v) is 10.6. The van der Waals surface area contributed by atoms with Crippen LogP contribution in [0, 0.1) is 20.8 Å². The fourth-order valence-corrected chi connectivity index (χ4v) is 3.98. The molecule has 0 heterocycles. The molecular formula is C24H18Cl2F6N2. The first kappa shape index (κ1) is 25.9. The third-order valence-corrected chi connectivity index (χ3v) is 5.42. The van der Waals surface area contributed by atoms with Crippen LogP contribution in [0.5, 0.6) is 0 Å². The van der Waals surface area contributed by atoms with Gasteiger partial charge in [-0.2, -0.15) is 26.3 Å². The van der Waals surface area contributed by atoms with Gasteiger partial charge < -0.3 is 5.32 Å². The third kappa shape index (κ3) is 5.85. The molecule has 1 N–H and O–H groups in total. The van der Waals surface area contributed by atoms with Crippen molar-refractivity contribution in [1.82, 2.24) is 0 Å². The van der Waals surface area contributed by atoms with Crippen LogP contribution in [0.25, 0.3) is 0 Å². The van der Waals surface area contributed by atoms with Gasteiger partial charge in [-0.15, -0.1) is 0 Å². The molecule has 0 radical (unpaired) electrons. The molecule has 0 aliphatic heterocycles. The normalized spacial score (nSPS) is 12.7. The number of hydrogen-bond donors (Lipinski definition) is 1. The molecule has 0 atom stereocenters. The smallest absolute Gasteiger partial charge is 0.339 e. The molecule has 0 bridgehead atoms. The zero-order chi connectivity index (χ0) is 25.4. The van der Waals surface area contributed by atoms with Crippen molar-refractivity contribution in [1.29, 1.82) is 0 Å². The third-order valence-electron chi connectivity index (χ3n) is 4.95. The zero-order valence-corrected chi connectivity index (χ0v) is 19.6. The lowest BCUT2D eigenvalue weighted by molar-refractivity contribution is -0.137. The Bertz CT molecular complexity index is 1240. The van der Waals surface area contributed by atoms with E-state index in [9.17, 15) is 26.3 Å². The summed E-state index contributed by atoms with van der Waals surface area (Å²) in [5.74, 6) is -0.185. The van der Waals surface area contributed by atoms with E-state index in [-0.39, 0.29) is 15.9 Å². The number of halogens is 8. The molecule has 0 fully saturated rings. The number of amidine groups is 1. The summed E-state index contributed by atoms with van der Waals surface area (Å²) >= 11 is 11.5. The Balaban J connectivity index is 2.30. The van der Waals surface area contributed by atoms with Crippen molar-refractivity contribution >= 4 is 40.4 Å². The summed E-state index contributed by atoms with van der Waals surface area (Å²) in [5, 5.41) is 2.32. The molecule has 0 amide bonds. The Hall–Kier alpha value is -2.71. The molecule has 10 heteroatoms. The molecule has 0 aromatic heterocycles. The number of anilines is 1. The summed E-state index contributed by atoms with van der Waals surface area (Å²) in [6.45, 7) is 5.23. The number of alkyl halides is 6. The van der Waals surface area contributed by atoms with E-state index in [4.69, 9.17) is 23.2 Å². The maximum Gasteiger partial charge on any atom is 0.418 e. The van der Waals surface area contributed by atoms with Crippen LogP contribution in [0.3, 0.4) is 0 Å². The van der Waals surface area contributed by atoms with Crippen LogP contribution in [0.4, 0.5) is 37.7 Å². The number of nitrogens with zero attached hydrogens (tertiary/aromatic N) is 1. The van der Waals surface area contributed by atoms with E-state index in [0.29, 0.717) is 16.7 Å². The van der Waals surface area contributed by atoms with Crippen LogP contribution in [0.1, 0.15) is 33.4 Å². The minimum absolute atomic E-state index is 0.142. The molecule has 3 rings (SSSR count). The highest BCUT2D eigenvalue weighted by molar-refractivity contribution is 6.31. The van der Waals surface area contributed by atoms with Crippen LogP contribution < -0.4 is 5.32 Å². The highest BCUT2D eigenvalue weighted by atomic mass is 35.5. The predicted octanol–water partition coefficient (Wildman–Crippen LogP) is 9.15. The number of aliphatic imine (C=N–C) groups is 1. The second kappa shape index (κ2) is 9.50. The van der Waals surface area contributed by atoms with Gasteiger partial charge in [0.1, 0.15) is 5.84 Å². The first-order valence-electron chi connectivity index (χ1n) is 9.84. The Morgan fingerprint density at radius 3 is 1.76 bits per heavy atom. The summed E-state index contributed by atoms with van der Waals surface area (Å²) in [6.07, 6.45) is -9.56. The van der Waals surface area contributed by atoms with Crippen LogP contribution in [0.2, 0.25) is 10.0 Å². The van der Waals surface area contributed by atoms with E-state index in [1.54, 1.807) is 26.0 Å². The second-order valence-electron chi connectivity index (χ2n) is 7.71. The quantitative estimate of drug-likeness (QED) is 0.208. The van der Waals surface area contributed by atoms with E-state index in [1.165, 1.54) is 12.1 Å². The lowest BCUT2D eigenvalue weighted by Crippen LogP contribution is -2.20. The molecule has 2 nitrogen and oxygen atoms in total. The maximum absolute atomic E-state index is 13.7. The molecule has 0 unspecified atom stereocenters. The van der Waals surface area contributed by atoms with E-state index in [0.717, 1.165) is 29.8 Å². The van der Waals surface area contributed by atoms with Gasteiger partial charge in [-0.3, -0.25) is 0 Å². The van der Waals surface area contributed by atoms with E-state index in [1.807, 2.05) is 6.92 Å². The van der Waals surface area contributed by atoms with Crippen molar-refractivity contribution in [3.05, 3.63) is 92.0 Å². The largest absolute Gasteiger partial charge is 0.418 e. The Morgan fingerprint density at radius 1 is 0.735 bits per heavy atom. The Morgan fingerprint density at radius 2 is 1.24 bits per heavy atom. The highest BCUT2D eigenvalue weighted by Gasteiger charge is 2.36. The monoisotopic (exact) mass is 518 g/mol. The number of nitrogens with one attached hydrogen (secondary N) is 1. The fraction of sp³-hybridized carbons (Fsp3) is 0.208. The predicted molar refractivity (Wildman–Crippen MR) is 123 cm³/mol. The van der Waals surface area contributed by atoms with E-state index >= 15 is 0 Å². The van der Waals surface area contributed by atoms with E-state index in [2.05, 4.69) is 10.3 Å². The van der Waals surface area contributed by atoms with Crippen LogP contribution in [0.15, 0.2) is 53.5 Å². The topological polar surface area (TPSA) is 24.4 Å². The Kier molecular flexibility index (Phi) is 7.24. The van der Waals surface area contributed by atoms with Crippen molar-refractivity contribution in [2.75, 3.05) is 5.32 Å². The van der Waals surface area contributed by atoms with Gasteiger partial charge in [0, 0.05) is 15.6 Å². The molecule has 0 aliphatic carbocycles. The van der Waals surface area contributed by atoms with Gasteiger partial charge in [-0.25, -0.2) is 4.99 Å². The summed E-state index contributed by atoms with van der Waals surface area (Å²) in [6, 6.07) is 9.62. The van der Waals surface area contributed by atoms with Crippen molar-refractivity contribution in [2.24, 2.45) is 4.99 Å². The molecule has 0 spiro atoms. The van der Waals surface area contributed by atoms with Crippen molar-refractivity contribution in [2.45, 2.75) is 33.1 Å². The van der Waals surface area contributed by atoms with Crippen molar-refractivity contribution in [3.8, 4) is 0 Å². The molecule has 34 heavy (non-hydrogen) atoms. The number of rotatable bonds is 3. The molecule has 3 aromatic carbocycles. The highest BCUT2D eigenvalue weighted by Crippen LogP contribution is 2.40. The van der Waals surface area contributed by atoms with Crippen LogP contribution in [-0.4, -0.2) is 5.84 Å². The lowest BCUT2D eigenvalue weighted by atomic mass is 9.98. The lowest BCUT2D eigenvalue weighted by Gasteiger charge is -2.20. The van der Waals surface area contributed by atoms with Gasteiger partial charge in [0.2, 0.25) is 0 Å². The second-order valence-corrected chi connectivity index (χ2v) is 8.58. The average Bonchev–Trinajstić information content (AvgIpc) is 2.68. The SMILES string of the molecule is Cc1cc(C)c(C(=Nc2ccc(Cl)cc2C(F)(F)F)Nc2ccc(Cl)cc2C(F)(F)F)c(C)c1. The van der Waals surface area contributed by atoms with E-state index < -0.39 is 34.9 Å². The maximum atomic E-state index is 13.7. The summed E-state index contributed by atoms with van der Waals surface area (Å²) in [7, 11) is 0. The number of aryl methyl sites for hydroxylation is 3. The minimum atomic E-state index is -4.79. The van der Waals surface area contributed by atoms with Gasteiger partial charge >= 0.3 is 12.4 Å². The summed E-state index contributed by atoms with van der Waals surface area (Å²) in [4.78, 5) is 4.16. The molecule has 0 saturated heterocycles. The molecule has 180 valence electrons. The number of benzene rings is 3. The molecule has 3 aromatic rings. The van der Waals surface area contributed by atoms with Gasteiger partial charge in [-0.05, 0) is 68.3 Å². The molecule has 0 saturated carbocycles. The first-order chi connectivity index (χ1) is 15.7. The van der Waals surface area contributed by atoms with Gasteiger partial charge in [0.05, 0.1) is 22.5 Å². The molecular weight excluding hydrogens is 501 g/mol. The zero-order valence-electron chi connectivity index (χ0n) is 18.1. The van der Waals surface area contributed by atoms with Crippen LogP contribution in [-0.2, 0) is 12.4 Å². The van der Waals surface area contributed by atoms with Crippen molar-refractivity contribution < 1.29 is 26.3 Å². The summed E-state index contributed by atoms with van der Waals surface area (Å²) in [5.41, 5.74) is -0.614. The summed E-state index contributed by atoms with van der Waals surface area (Å²) < 4.78 is 82.1. The standard InChI is InChI=1S/C24H18Cl2F6N2/c1-12-8-13(2)21(14(3)9-12)22(33-19-6-4-15(25)10-17(19)23(27,28)29)34-20-7-5-16(26)11-18(20)24(30,31)32/h4-11H,1-3H3,(H,33,34). The number of hydrogen-bond acceptors (Lipinski definition) is 1. The average molecular weight is 519 g/mol. The van der Waals surface area contributed by atoms with Gasteiger partial charge in [0.15, 0.2) is 0 Å². The van der Waals surface area contributed by atoms with Gasteiger partial charge in [0.25, 0.3) is 0 Å². The Labute approximate surface area is 202 Å². The van der Waals surface area contributed by atoms with Crippen LogP contribution >= 0.6 is 23.2 Å².